The zero-order chi connectivity index (χ0) is 20.3. The van der Waals surface area contributed by atoms with Gasteiger partial charge in [-0.05, 0) is 29.7 Å². The van der Waals surface area contributed by atoms with Crippen molar-refractivity contribution in [1.82, 2.24) is 9.78 Å². The number of anilines is 1. The molecule has 3 aromatic rings. The second-order valence-corrected chi connectivity index (χ2v) is 8.71. The highest BCUT2D eigenvalue weighted by Gasteiger charge is 2.38. The number of benzene rings is 2. The zero-order valence-corrected chi connectivity index (χ0v) is 16.5. The van der Waals surface area contributed by atoms with Gasteiger partial charge in [-0.15, -0.1) is 0 Å². The van der Waals surface area contributed by atoms with Gasteiger partial charge in [-0.25, -0.2) is 4.79 Å². The van der Waals surface area contributed by atoms with E-state index in [2.05, 4.69) is 5.10 Å². The summed E-state index contributed by atoms with van der Waals surface area (Å²) in [7, 11) is -4.31. The van der Waals surface area contributed by atoms with E-state index in [0.29, 0.717) is 18.7 Å². The van der Waals surface area contributed by atoms with E-state index in [1.54, 1.807) is 47.3 Å². The maximum Gasteiger partial charge on any atom is 0.445 e. The van der Waals surface area contributed by atoms with E-state index in [-0.39, 0.29) is 19.1 Å². The lowest BCUT2D eigenvalue weighted by molar-refractivity contribution is 0.165. The van der Waals surface area contributed by atoms with Crippen molar-refractivity contribution in [3.05, 3.63) is 84.2 Å². The first-order chi connectivity index (χ1) is 14.0. The van der Waals surface area contributed by atoms with Crippen molar-refractivity contribution in [3.63, 3.8) is 0 Å². The number of para-hydroxylation sites is 1. The first-order valence-electron chi connectivity index (χ1n) is 9.33. The van der Waals surface area contributed by atoms with Crippen LogP contribution in [0.3, 0.4) is 0 Å². The monoisotopic (exact) mass is 411 g/mol. The molecule has 0 fully saturated rings. The van der Waals surface area contributed by atoms with Gasteiger partial charge in [-0.3, -0.25) is 8.99 Å². The lowest BCUT2D eigenvalue weighted by Gasteiger charge is -2.34. The molecule has 1 aliphatic rings. The van der Waals surface area contributed by atoms with Gasteiger partial charge in [-0.2, -0.15) is 13.5 Å². The van der Waals surface area contributed by atoms with E-state index < -0.39 is 15.3 Å². The smallest absolute Gasteiger partial charge is 0.445 e. The molecular weight excluding hydrogens is 390 g/mol. The van der Waals surface area contributed by atoms with E-state index in [4.69, 9.17) is 4.74 Å². The average molecular weight is 411 g/mol. The summed E-state index contributed by atoms with van der Waals surface area (Å²) < 4.78 is 34.2. The molecule has 1 aliphatic heterocycles. The molecule has 0 saturated carbocycles. The van der Waals surface area contributed by atoms with Gasteiger partial charge in [0.15, 0.2) is 0 Å². The largest absolute Gasteiger partial charge is 0.448 e. The summed E-state index contributed by atoms with van der Waals surface area (Å²) in [5.41, 5.74) is 2.14. The molecule has 0 spiro atoms. The second-order valence-electron chi connectivity index (χ2n) is 6.99. The molecule has 1 aromatic heterocycles. The molecule has 0 aliphatic carbocycles. The summed E-state index contributed by atoms with van der Waals surface area (Å²) in [6, 6.07) is 18.1. The normalized spacial score (nSPS) is 16.3. The number of rotatable bonds is 5. The summed E-state index contributed by atoms with van der Waals surface area (Å²) in [6.45, 7) is 0.664. The highest BCUT2D eigenvalue weighted by atomic mass is 32.2. The summed E-state index contributed by atoms with van der Waals surface area (Å²) >= 11 is 0. The number of hydrogen-bond acceptors (Lipinski definition) is 5. The lowest BCUT2D eigenvalue weighted by Crippen LogP contribution is -2.44. The van der Waals surface area contributed by atoms with Crippen LogP contribution < -0.4 is 4.31 Å². The lowest BCUT2D eigenvalue weighted by atomic mass is 9.94. The van der Waals surface area contributed by atoms with Crippen molar-refractivity contribution in [2.45, 2.75) is 19.6 Å². The van der Waals surface area contributed by atoms with Crippen LogP contribution >= 0.6 is 0 Å². The number of carbonyl (C=O) groups is 1. The Kier molecular flexibility index (Phi) is 5.35. The van der Waals surface area contributed by atoms with Crippen molar-refractivity contribution < 1.29 is 17.9 Å². The Morgan fingerprint density at radius 3 is 2.59 bits per heavy atom. The average Bonchev–Trinajstić information content (AvgIpc) is 3.25. The van der Waals surface area contributed by atoms with E-state index >= 15 is 0 Å². The van der Waals surface area contributed by atoms with Crippen molar-refractivity contribution in [1.29, 1.82) is 0 Å². The molecule has 7 nitrogen and oxygen atoms in total. The molecule has 2 aromatic carbocycles. The summed E-state index contributed by atoms with van der Waals surface area (Å²) in [5.74, 6) is -0.0125. The van der Waals surface area contributed by atoms with E-state index in [1.165, 1.54) is 4.31 Å². The van der Waals surface area contributed by atoms with Crippen molar-refractivity contribution in [2.24, 2.45) is 5.92 Å². The summed E-state index contributed by atoms with van der Waals surface area (Å²) in [6.07, 6.45) is 4.24. The van der Waals surface area contributed by atoms with Crippen molar-refractivity contribution in [2.75, 3.05) is 10.8 Å². The Hall–Kier alpha value is -3.13. The fourth-order valence-corrected chi connectivity index (χ4v) is 4.77. The molecule has 0 saturated heterocycles. The van der Waals surface area contributed by atoms with Crippen LogP contribution in [0.5, 0.6) is 0 Å². The minimum Gasteiger partial charge on any atom is -0.448 e. The fourth-order valence-electron chi connectivity index (χ4n) is 3.54. The molecule has 0 unspecified atom stereocenters. The predicted octanol–water partition coefficient (Wildman–Crippen LogP) is 3.23. The van der Waals surface area contributed by atoms with Gasteiger partial charge in [0.2, 0.25) is 0 Å². The molecule has 29 heavy (non-hydrogen) atoms. The van der Waals surface area contributed by atoms with Crippen LogP contribution in [0.1, 0.15) is 11.1 Å². The highest BCUT2D eigenvalue weighted by Crippen LogP contribution is 2.33. The van der Waals surface area contributed by atoms with Gasteiger partial charge in [0.1, 0.15) is 6.61 Å². The van der Waals surface area contributed by atoms with Crippen molar-refractivity contribution >= 4 is 21.0 Å². The van der Waals surface area contributed by atoms with Gasteiger partial charge >= 0.3 is 15.3 Å². The first kappa shape index (κ1) is 19.2. The number of ether oxygens (including phenoxy) is 1. The Balaban J connectivity index is 1.56. The zero-order valence-electron chi connectivity index (χ0n) is 15.7. The standard InChI is InChI=1S/C21H21N3O4S/c25-21(28-16-17-7-2-1-3-8-17)29(26,27)24-15-18(14-23-12-6-11-22-23)13-19-9-4-5-10-20(19)24/h1-12,18H,13-16H2/t18-/m0/s1. The van der Waals surface area contributed by atoms with Crippen LogP contribution in [0.25, 0.3) is 0 Å². The third-order valence-corrected chi connectivity index (χ3v) is 6.36. The summed E-state index contributed by atoms with van der Waals surface area (Å²) in [5, 5.41) is 2.97. The molecule has 2 heterocycles. The molecular formula is C21H21N3O4S. The quantitative estimate of drug-likeness (QED) is 0.602. The maximum atomic E-state index is 13.0. The number of hydrogen-bond donors (Lipinski definition) is 0. The molecule has 1 atom stereocenters. The van der Waals surface area contributed by atoms with Crippen molar-refractivity contribution in [3.8, 4) is 0 Å². The number of carbonyl (C=O) groups excluding carboxylic acids is 1. The third kappa shape index (κ3) is 4.17. The maximum absolute atomic E-state index is 13.0. The van der Waals surface area contributed by atoms with Gasteiger partial charge in [0.05, 0.1) is 5.69 Å². The highest BCUT2D eigenvalue weighted by molar-refractivity contribution is 8.06. The second kappa shape index (κ2) is 8.08. The Bertz CT molecular complexity index is 1080. The molecule has 0 amide bonds. The number of aromatic nitrogens is 2. The van der Waals surface area contributed by atoms with Crippen LogP contribution in [-0.4, -0.2) is 30.0 Å². The van der Waals surface area contributed by atoms with Gasteiger partial charge < -0.3 is 4.74 Å². The predicted molar refractivity (Wildman–Crippen MR) is 109 cm³/mol. The fraction of sp³-hybridized carbons (Fsp3) is 0.238. The van der Waals surface area contributed by atoms with E-state index in [9.17, 15) is 13.2 Å². The molecule has 8 heteroatoms. The Morgan fingerprint density at radius 2 is 1.83 bits per heavy atom. The molecule has 0 N–H and O–H groups in total. The summed E-state index contributed by atoms with van der Waals surface area (Å²) in [4.78, 5) is 12.5. The molecule has 4 rings (SSSR count). The van der Waals surface area contributed by atoms with Crippen LogP contribution in [0.15, 0.2) is 73.1 Å². The number of fused-ring (bicyclic) bond motifs is 1. The molecule has 0 bridgehead atoms. The molecule has 150 valence electrons. The Morgan fingerprint density at radius 1 is 1.07 bits per heavy atom. The minimum atomic E-state index is -4.31. The van der Waals surface area contributed by atoms with E-state index in [0.717, 1.165) is 11.1 Å². The first-order valence-corrected chi connectivity index (χ1v) is 10.8. The van der Waals surface area contributed by atoms with Gasteiger partial charge in [-0.1, -0.05) is 48.5 Å². The van der Waals surface area contributed by atoms with Gasteiger partial charge in [0, 0.05) is 31.4 Å². The number of nitrogens with zero attached hydrogens (tertiary/aromatic N) is 3. The SMILES string of the molecule is O=C(OCc1ccccc1)S(=O)(=O)N1C[C@H](Cn2cccn2)Cc2ccccc21. The van der Waals surface area contributed by atoms with Crippen LogP contribution in [-0.2, 0) is 34.3 Å². The van der Waals surface area contributed by atoms with Gasteiger partial charge in [0.25, 0.3) is 0 Å². The van der Waals surface area contributed by atoms with E-state index in [1.807, 2.05) is 30.5 Å². The Labute approximate surface area is 169 Å². The topological polar surface area (TPSA) is 81.5 Å². The third-order valence-electron chi connectivity index (χ3n) is 4.90. The minimum absolute atomic E-state index is 0.0125. The van der Waals surface area contributed by atoms with Crippen LogP contribution in [0.4, 0.5) is 10.5 Å². The van der Waals surface area contributed by atoms with Crippen LogP contribution in [0, 0.1) is 5.92 Å². The van der Waals surface area contributed by atoms with Crippen LogP contribution in [0.2, 0.25) is 0 Å². The molecule has 0 radical (unpaired) electrons. The number of sulfonamides is 1.